The third kappa shape index (κ3) is 8.59. The Hall–Kier alpha value is -1.41. The zero-order valence-corrected chi connectivity index (χ0v) is 7.25. The van der Waals surface area contributed by atoms with Crippen LogP contribution in [0.2, 0.25) is 0 Å². The van der Waals surface area contributed by atoms with Crippen LogP contribution in [0.1, 0.15) is 25.7 Å². The number of hydrogen-bond acceptors (Lipinski definition) is 1. The number of terminal acetylenes is 2. The van der Waals surface area contributed by atoms with Crippen LogP contribution in [-0.4, -0.2) is 12.5 Å². The molecule has 0 aromatic rings. The molecule has 2 nitrogen and oxygen atoms in total. The molecule has 0 saturated carbocycles. The lowest BCUT2D eigenvalue weighted by atomic mass is 10.2. The normalized spacial score (nSPS) is 14.8. The summed E-state index contributed by atoms with van der Waals surface area (Å²) in [4.78, 5) is 10.6. The highest BCUT2D eigenvalue weighted by Crippen LogP contribution is 2.02. The summed E-state index contributed by atoms with van der Waals surface area (Å²) in [5, 5.41) is 2.81. The smallest absolute Gasteiger partial charge is 0.219 e. The van der Waals surface area contributed by atoms with E-state index in [4.69, 9.17) is 0 Å². The van der Waals surface area contributed by atoms with Gasteiger partial charge in [0.05, 0.1) is 0 Å². The van der Waals surface area contributed by atoms with Gasteiger partial charge >= 0.3 is 0 Å². The molecule has 1 fully saturated rings. The molecule has 0 aromatic heterocycles. The van der Waals surface area contributed by atoms with Crippen LogP contribution in [0.15, 0.2) is 0 Å². The number of carbonyl (C=O) groups excluding carboxylic acids is 1. The predicted molar refractivity (Wildman–Crippen MR) is 51.3 cm³/mol. The van der Waals surface area contributed by atoms with Crippen molar-refractivity contribution < 1.29 is 4.79 Å². The molecule has 1 rings (SSSR count). The summed E-state index contributed by atoms with van der Waals surface area (Å²) < 4.78 is 0. The van der Waals surface area contributed by atoms with Gasteiger partial charge in [-0.05, 0) is 12.8 Å². The van der Waals surface area contributed by atoms with Crippen LogP contribution in [0, 0.1) is 25.7 Å². The summed E-state index contributed by atoms with van der Waals surface area (Å²) in [6.07, 6.45) is 20.2. The van der Waals surface area contributed by atoms with E-state index in [1.165, 1.54) is 6.42 Å². The molecule has 2 heteroatoms. The van der Waals surface area contributed by atoms with Crippen LogP contribution in [0.3, 0.4) is 0 Å². The van der Waals surface area contributed by atoms with Crippen LogP contribution < -0.4 is 5.32 Å². The Morgan fingerprint density at radius 2 is 1.58 bits per heavy atom. The highest BCUT2D eigenvalue weighted by atomic mass is 16.1. The van der Waals surface area contributed by atoms with Crippen LogP contribution in [0.5, 0.6) is 0 Å². The SMILES string of the molecule is C#C.C#C.O=C1CCCCCN1. The standard InChI is InChI=1S/C6H11NO.2C2H2/c8-6-4-2-1-3-5-7-6;2*1-2/h1-5H2,(H,7,8);2*1-2H. The quantitative estimate of drug-likeness (QED) is 0.536. The van der Waals surface area contributed by atoms with Crippen molar-refractivity contribution in [2.24, 2.45) is 0 Å². The zero-order chi connectivity index (χ0) is 9.82. The third-order valence-electron chi connectivity index (χ3n) is 1.40. The van der Waals surface area contributed by atoms with Gasteiger partial charge in [0.1, 0.15) is 0 Å². The van der Waals surface area contributed by atoms with Crippen LogP contribution in [0.25, 0.3) is 0 Å². The van der Waals surface area contributed by atoms with Crippen molar-refractivity contribution in [3.05, 3.63) is 0 Å². The molecule has 1 aliphatic rings. The Balaban J connectivity index is 0. The van der Waals surface area contributed by atoms with Gasteiger partial charge in [0.25, 0.3) is 0 Å². The maximum Gasteiger partial charge on any atom is 0.219 e. The largest absolute Gasteiger partial charge is 0.356 e. The molecular formula is C10H15NO. The second kappa shape index (κ2) is 12.3. The summed E-state index contributed by atoms with van der Waals surface area (Å²) in [5.74, 6) is 0.225. The Kier molecular flexibility index (Phi) is 13.5. The molecular weight excluding hydrogens is 150 g/mol. The fourth-order valence-electron chi connectivity index (χ4n) is 0.904. The molecule has 66 valence electrons. The van der Waals surface area contributed by atoms with Gasteiger partial charge in [0, 0.05) is 13.0 Å². The molecule has 0 radical (unpaired) electrons. The maximum atomic E-state index is 10.6. The fraction of sp³-hybridized carbons (Fsp3) is 0.500. The monoisotopic (exact) mass is 165 g/mol. The number of carbonyl (C=O) groups is 1. The van der Waals surface area contributed by atoms with Crippen molar-refractivity contribution in [2.45, 2.75) is 25.7 Å². The minimum atomic E-state index is 0.225. The molecule has 0 aliphatic carbocycles. The lowest BCUT2D eigenvalue weighted by Crippen LogP contribution is -2.21. The van der Waals surface area contributed by atoms with Gasteiger partial charge in [-0.1, -0.05) is 6.42 Å². The number of rotatable bonds is 0. The molecule has 1 amide bonds. The zero-order valence-electron chi connectivity index (χ0n) is 7.25. The highest BCUT2D eigenvalue weighted by Gasteiger charge is 2.03. The van der Waals surface area contributed by atoms with Crippen molar-refractivity contribution >= 4 is 5.91 Å². The average molecular weight is 165 g/mol. The molecule has 0 bridgehead atoms. The summed E-state index contributed by atoms with van der Waals surface area (Å²) in [5.41, 5.74) is 0. The molecule has 0 spiro atoms. The molecule has 1 aliphatic heterocycles. The van der Waals surface area contributed by atoms with Gasteiger partial charge in [-0.3, -0.25) is 4.79 Å². The van der Waals surface area contributed by atoms with E-state index in [-0.39, 0.29) is 5.91 Å². The van der Waals surface area contributed by atoms with Gasteiger partial charge in [0.2, 0.25) is 5.91 Å². The number of nitrogens with one attached hydrogen (secondary N) is 1. The molecule has 12 heavy (non-hydrogen) atoms. The fourth-order valence-corrected chi connectivity index (χ4v) is 0.904. The van der Waals surface area contributed by atoms with E-state index in [0.29, 0.717) is 0 Å². The van der Waals surface area contributed by atoms with E-state index < -0.39 is 0 Å². The molecule has 0 atom stereocenters. The second-order valence-electron chi connectivity index (χ2n) is 2.16. The van der Waals surface area contributed by atoms with Crippen LogP contribution in [-0.2, 0) is 4.79 Å². The summed E-state index contributed by atoms with van der Waals surface area (Å²) >= 11 is 0. The molecule has 0 unspecified atom stereocenters. The number of amides is 1. The minimum absolute atomic E-state index is 0.225. The van der Waals surface area contributed by atoms with Crippen molar-refractivity contribution in [1.82, 2.24) is 5.32 Å². The van der Waals surface area contributed by atoms with Gasteiger partial charge in [-0.15, -0.1) is 25.7 Å². The Labute approximate surface area is 74.7 Å². The van der Waals surface area contributed by atoms with E-state index in [1.54, 1.807) is 0 Å². The summed E-state index contributed by atoms with van der Waals surface area (Å²) in [6, 6.07) is 0. The molecule has 1 N–H and O–H groups in total. The van der Waals surface area contributed by atoms with E-state index >= 15 is 0 Å². The van der Waals surface area contributed by atoms with Crippen molar-refractivity contribution in [2.75, 3.05) is 6.54 Å². The summed E-state index contributed by atoms with van der Waals surface area (Å²) in [6.45, 7) is 0.888. The van der Waals surface area contributed by atoms with E-state index in [1.807, 2.05) is 0 Å². The molecule has 1 heterocycles. The summed E-state index contributed by atoms with van der Waals surface area (Å²) in [7, 11) is 0. The minimum Gasteiger partial charge on any atom is -0.356 e. The van der Waals surface area contributed by atoms with Crippen molar-refractivity contribution in [3.8, 4) is 25.7 Å². The Bertz CT molecular complexity index is 130. The average Bonchev–Trinajstić information content (AvgIpc) is 2.40. The van der Waals surface area contributed by atoms with Gasteiger partial charge < -0.3 is 5.32 Å². The maximum absolute atomic E-state index is 10.6. The lowest BCUT2D eigenvalue weighted by Gasteiger charge is -1.93. The van der Waals surface area contributed by atoms with Gasteiger partial charge in [0.15, 0.2) is 0 Å². The topological polar surface area (TPSA) is 29.1 Å². The van der Waals surface area contributed by atoms with E-state index in [2.05, 4.69) is 31.0 Å². The van der Waals surface area contributed by atoms with Crippen LogP contribution in [0.4, 0.5) is 0 Å². The first-order chi connectivity index (χ1) is 5.89. The molecule has 1 saturated heterocycles. The first-order valence-corrected chi connectivity index (χ1v) is 3.83. The van der Waals surface area contributed by atoms with E-state index in [9.17, 15) is 4.79 Å². The van der Waals surface area contributed by atoms with Crippen molar-refractivity contribution in [3.63, 3.8) is 0 Å². The van der Waals surface area contributed by atoms with E-state index in [0.717, 1.165) is 25.8 Å². The Morgan fingerprint density at radius 3 is 2.17 bits per heavy atom. The second-order valence-corrected chi connectivity index (χ2v) is 2.16. The highest BCUT2D eigenvalue weighted by molar-refractivity contribution is 5.75. The molecule has 0 aromatic carbocycles. The van der Waals surface area contributed by atoms with Gasteiger partial charge in [-0.25, -0.2) is 0 Å². The van der Waals surface area contributed by atoms with Crippen molar-refractivity contribution in [1.29, 1.82) is 0 Å². The lowest BCUT2D eigenvalue weighted by molar-refractivity contribution is -0.120. The predicted octanol–water partition coefficient (Wildman–Crippen LogP) is 1.18. The van der Waals surface area contributed by atoms with Crippen LogP contribution >= 0.6 is 0 Å². The first kappa shape index (κ1) is 13.2. The Morgan fingerprint density at radius 1 is 1.00 bits per heavy atom. The number of hydrogen-bond donors (Lipinski definition) is 1. The third-order valence-corrected chi connectivity index (χ3v) is 1.40. The van der Waals surface area contributed by atoms with Gasteiger partial charge in [-0.2, -0.15) is 0 Å². The first-order valence-electron chi connectivity index (χ1n) is 3.83.